The van der Waals surface area contributed by atoms with Gasteiger partial charge >= 0.3 is 6.09 Å². The Labute approximate surface area is 147 Å². The molecule has 2 rings (SSSR count). The molecule has 0 bridgehead atoms. The van der Waals surface area contributed by atoms with Gasteiger partial charge < -0.3 is 14.4 Å². The molecule has 1 spiro atoms. The first-order valence-corrected chi connectivity index (χ1v) is 9.35. The lowest BCUT2D eigenvalue weighted by Crippen LogP contribution is -2.63. The van der Waals surface area contributed by atoms with Crippen molar-refractivity contribution in [3.05, 3.63) is 0 Å². The Kier molecular flexibility index (Phi) is 5.55. The molecule has 0 radical (unpaired) electrons. The van der Waals surface area contributed by atoms with E-state index in [0.29, 0.717) is 13.1 Å². The van der Waals surface area contributed by atoms with E-state index in [2.05, 4.69) is 32.6 Å². The van der Waals surface area contributed by atoms with Gasteiger partial charge in [-0.1, -0.05) is 6.92 Å². The number of rotatable bonds is 1. The van der Waals surface area contributed by atoms with E-state index >= 15 is 0 Å². The molecule has 0 saturated carbocycles. The monoisotopic (exact) mass is 340 g/mol. The van der Waals surface area contributed by atoms with Gasteiger partial charge in [-0.3, -0.25) is 4.90 Å². The molecule has 0 aliphatic carbocycles. The number of likely N-dealkylation sites (tertiary alicyclic amines) is 1. The van der Waals surface area contributed by atoms with E-state index in [1.54, 1.807) is 0 Å². The Hall–Kier alpha value is -0.810. The van der Waals surface area contributed by atoms with Crippen LogP contribution in [0.2, 0.25) is 0 Å². The molecule has 0 aromatic heterocycles. The van der Waals surface area contributed by atoms with Crippen LogP contribution >= 0.6 is 0 Å². The standard InChI is InChI=1S/C19H36N2O3/c1-8-15-13-21(17(2,3)4)14-19(23-15)9-11-20(12-10-19)16(22)24-18(5,6)7/h15H,8-14H2,1-7H3/t15-/m1/s1. The van der Waals surface area contributed by atoms with Crippen molar-refractivity contribution in [2.45, 2.75) is 90.6 Å². The lowest BCUT2D eigenvalue weighted by atomic mass is 9.86. The minimum atomic E-state index is -0.441. The Morgan fingerprint density at radius 1 is 1.17 bits per heavy atom. The molecule has 2 heterocycles. The largest absolute Gasteiger partial charge is 0.444 e. The molecule has 2 saturated heterocycles. The van der Waals surface area contributed by atoms with Gasteiger partial charge in [0.25, 0.3) is 0 Å². The molecular formula is C19H36N2O3. The molecule has 140 valence electrons. The van der Waals surface area contributed by atoms with Crippen molar-refractivity contribution in [3.8, 4) is 0 Å². The zero-order valence-corrected chi connectivity index (χ0v) is 16.6. The Bertz CT molecular complexity index is 443. The molecule has 0 N–H and O–H groups in total. The lowest BCUT2D eigenvalue weighted by molar-refractivity contribution is -0.188. The maximum atomic E-state index is 12.3. The molecule has 2 aliphatic heterocycles. The van der Waals surface area contributed by atoms with Gasteiger partial charge in [0.15, 0.2) is 0 Å². The summed E-state index contributed by atoms with van der Waals surface area (Å²) >= 11 is 0. The number of hydrogen-bond acceptors (Lipinski definition) is 4. The maximum absolute atomic E-state index is 12.3. The number of nitrogens with zero attached hydrogens (tertiary/aromatic N) is 2. The van der Waals surface area contributed by atoms with Gasteiger partial charge in [0.2, 0.25) is 0 Å². The SMILES string of the molecule is CC[C@@H]1CN(C(C)(C)C)CC2(CCN(C(=O)OC(C)(C)C)CC2)O1. The Morgan fingerprint density at radius 2 is 1.75 bits per heavy atom. The minimum absolute atomic E-state index is 0.120. The summed E-state index contributed by atoms with van der Waals surface area (Å²) in [5, 5.41) is 0. The summed E-state index contributed by atoms with van der Waals surface area (Å²) < 4.78 is 12.0. The van der Waals surface area contributed by atoms with Gasteiger partial charge in [-0.15, -0.1) is 0 Å². The minimum Gasteiger partial charge on any atom is -0.444 e. The third-order valence-corrected chi connectivity index (χ3v) is 5.05. The molecule has 1 amide bonds. The van der Waals surface area contributed by atoms with Crippen molar-refractivity contribution in [3.63, 3.8) is 0 Å². The molecular weight excluding hydrogens is 304 g/mol. The second kappa shape index (κ2) is 6.83. The molecule has 5 nitrogen and oxygen atoms in total. The number of morpholine rings is 1. The maximum Gasteiger partial charge on any atom is 0.410 e. The highest BCUT2D eigenvalue weighted by molar-refractivity contribution is 5.68. The number of carbonyl (C=O) groups is 1. The van der Waals surface area contributed by atoms with Gasteiger partial charge in [-0.05, 0) is 60.8 Å². The van der Waals surface area contributed by atoms with E-state index in [1.807, 2.05) is 25.7 Å². The highest BCUT2D eigenvalue weighted by Gasteiger charge is 2.45. The second-order valence-corrected chi connectivity index (χ2v) is 9.35. The summed E-state index contributed by atoms with van der Waals surface area (Å²) in [5.41, 5.74) is -0.416. The first kappa shape index (κ1) is 19.5. The predicted octanol–water partition coefficient (Wildman–Crippen LogP) is 3.67. The molecule has 2 aliphatic rings. The van der Waals surface area contributed by atoms with Crippen LogP contribution in [0.25, 0.3) is 0 Å². The van der Waals surface area contributed by atoms with Gasteiger partial charge in [-0.2, -0.15) is 0 Å². The van der Waals surface area contributed by atoms with Crippen molar-refractivity contribution in [1.82, 2.24) is 9.80 Å². The normalized spacial score (nSPS) is 25.8. The van der Waals surface area contributed by atoms with Crippen LogP contribution in [0.3, 0.4) is 0 Å². The smallest absolute Gasteiger partial charge is 0.410 e. The predicted molar refractivity (Wildman–Crippen MR) is 96.3 cm³/mol. The number of carbonyl (C=O) groups excluding carboxylic acids is 1. The van der Waals surface area contributed by atoms with Crippen molar-refractivity contribution >= 4 is 6.09 Å². The molecule has 0 aromatic rings. The van der Waals surface area contributed by atoms with E-state index in [0.717, 1.165) is 32.4 Å². The van der Waals surface area contributed by atoms with Crippen LogP contribution in [0.15, 0.2) is 0 Å². The van der Waals surface area contributed by atoms with Gasteiger partial charge in [0.05, 0.1) is 11.7 Å². The lowest BCUT2D eigenvalue weighted by Gasteiger charge is -2.53. The van der Waals surface area contributed by atoms with E-state index < -0.39 is 5.60 Å². The molecule has 24 heavy (non-hydrogen) atoms. The van der Waals surface area contributed by atoms with Crippen LogP contribution in [0.1, 0.15) is 67.7 Å². The van der Waals surface area contributed by atoms with Gasteiger partial charge in [0, 0.05) is 31.7 Å². The third-order valence-electron chi connectivity index (χ3n) is 5.05. The average molecular weight is 341 g/mol. The molecule has 2 fully saturated rings. The van der Waals surface area contributed by atoms with Crippen molar-refractivity contribution in [2.75, 3.05) is 26.2 Å². The molecule has 0 unspecified atom stereocenters. The van der Waals surface area contributed by atoms with Crippen LogP contribution in [0, 0.1) is 0 Å². The highest BCUT2D eigenvalue weighted by atomic mass is 16.6. The topological polar surface area (TPSA) is 42.0 Å². The van der Waals surface area contributed by atoms with Crippen LogP contribution in [0.5, 0.6) is 0 Å². The van der Waals surface area contributed by atoms with Crippen LogP contribution in [-0.2, 0) is 9.47 Å². The van der Waals surface area contributed by atoms with Crippen LogP contribution in [0.4, 0.5) is 4.79 Å². The van der Waals surface area contributed by atoms with Crippen LogP contribution < -0.4 is 0 Å². The number of piperidine rings is 1. The van der Waals surface area contributed by atoms with Gasteiger partial charge in [-0.25, -0.2) is 4.79 Å². The fraction of sp³-hybridized carbons (Fsp3) is 0.947. The summed E-state index contributed by atoms with van der Waals surface area (Å²) in [6.45, 7) is 18.1. The first-order chi connectivity index (χ1) is 10.9. The van der Waals surface area contributed by atoms with Gasteiger partial charge in [0.1, 0.15) is 5.60 Å². The van der Waals surface area contributed by atoms with E-state index in [1.165, 1.54) is 0 Å². The van der Waals surface area contributed by atoms with Crippen molar-refractivity contribution in [2.24, 2.45) is 0 Å². The molecule has 5 heteroatoms. The summed E-state index contributed by atoms with van der Waals surface area (Å²) in [6.07, 6.45) is 2.88. The summed E-state index contributed by atoms with van der Waals surface area (Å²) in [4.78, 5) is 16.7. The molecule has 0 aromatic carbocycles. The second-order valence-electron chi connectivity index (χ2n) is 9.35. The Balaban J connectivity index is 2.01. The average Bonchev–Trinajstić information content (AvgIpc) is 2.44. The zero-order valence-electron chi connectivity index (χ0n) is 16.6. The fourth-order valence-corrected chi connectivity index (χ4v) is 3.51. The van der Waals surface area contributed by atoms with Crippen molar-refractivity contribution in [1.29, 1.82) is 0 Å². The molecule has 1 atom stereocenters. The summed E-state index contributed by atoms with van der Waals surface area (Å²) in [6, 6.07) is 0. The van der Waals surface area contributed by atoms with Crippen LogP contribution in [-0.4, -0.2) is 64.9 Å². The Morgan fingerprint density at radius 3 is 2.21 bits per heavy atom. The number of amides is 1. The number of hydrogen-bond donors (Lipinski definition) is 0. The number of ether oxygens (including phenoxy) is 2. The van der Waals surface area contributed by atoms with E-state index in [9.17, 15) is 4.79 Å². The third kappa shape index (κ3) is 4.85. The fourth-order valence-electron chi connectivity index (χ4n) is 3.51. The first-order valence-electron chi connectivity index (χ1n) is 9.35. The van der Waals surface area contributed by atoms with E-state index in [-0.39, 0.29) is 23.3 Å². The quantitative estimate of drug-likeness (QED) is 0.730. The highest BCUT2D eigenvalue weighted by Crippen LogP contribution is 2.36. The van der Waals surface area contributed by atoms with E-state index in [4.69, 9.17) is 9.47 Å². The van der Waals surface area contributed by atoms with Crippen molar-refractivity contribution < 1.29 is 14.3 Å². The summed E-state index contributed by atoms with van der Waals surface area (Å²) in [5.74, 6) is 0. The zero-order chi connectivity index (χ0) is 18.2. The summed E-state index contributed by atoms with van der Waals surface area (Å²) in [7, 11) is 0.